The number of ether oxygens (including phenoxy) is 1. The van der Waals surface area contributed by atoms with E-state index < -0.39 is 0 Å². The van der Waals surface area contributed by atoms with Gasteiger partial charge in [-0.05, 0) is 28.1 Å². The number of methoxy groups -OCH3 is 1. The van der Waals surface area contributed by atoms with Gasteiger partial charge in [0, 0.05) is 11.5 Å². The Hall–Kier alpha value is -1.03. The highest BCUT2D eigenvalue weighted by Gasteiger charge is 2.06. The molecule has 4 heteroatoms. The number of fused-ring (bicyclic) bond motifs is 1. The van der Waals surface area contributed by atoms with E-state index in [-0.39, 0.29) is 5.82 Å². The van der Waals surface area contributed by atoms with Crippen molar-refractivity contribution in [1.82, 2.24) is 4.98 Å². The molecule has 2 aromatic rings. The summed E-state index contributed by atoms with van der Waals surface area (Å²) in [6.07, 6.45) is 0. The molecule has 0 saturated carbocycles. The molecule has 1 aromatic heterocycles. The number of rotatable bonds is 1. The minimum atomic E-state index is -0.306. The molecular weight excluding hydrogens is 237 g/mol. The summed E-state index contributed by atoms with van der Waals surface area (Å²) in [6, 6.07) is 4.94. The number of aromatic amines is 1. The van der Waals surface area contributed by atoms with E-state index in [1.54, 1.807) is 12.1 Å². The van der Waals surface area contributed by atoms with E-state index in [0.29, 0.717) is 11.3 Å². The van der Waals surface area contributed by atoms with Crippen molar-refractivity contribution in [3.63, 3.8) is 0 Å². The standard InChI is InChI=1S/C9H7BrFNO/c1-13-6-2-5-3-8(10)12-9(5)7(11)4-6/h2-4,12H,1H3. The fraction of sp³-hybridized carbons (Fsp3) is 0.111. The van der Waals surface area contributed by atoms with Crippen molar-refractivity contribution in [2.45, 2.75) is 0 Å². The number of nitrogens with one attached hydrogen (secondary N) is 1. The van der Waals surface area contributed by atoms with Crippen LogP contribution in [0, 0.1) is 5.82 Å². The largest absolute Gasteiger partial charge is 0.497 e. The molecule has 1 aromatic carbocycles. The third kappa shape index (κ3) is 1.42. The Morgan fingerprint density at radius 3 is 2.85 bits per heavy atom. The van der Waals surface area contributed by atoms with Crippen LogP contribution < -0.4 is 4.74 Å². The molecular formula is C9H7BrFNO. The number of hydrogen-bond donors (Lipinski definition) is 1. The number of hydrogen-bond acceptors (Lipinski definition) is 1. The first-order valence-corrected chi connectivity index (χ1v) is 4.52. The van der Waals surface area contributed by atoms with Crippen LogP contribution >= 0.6 is 15.9 Å². The zero-order valence-electron chi connectivity index (χ0n) is 6.90. The van der Waals surface area contributed by atoms with Gasteiger partial charge in [0.15, 0.2) is 5.82 Å². The van der Waals surface area contributed by atoms with Crippen molar-refractivity contribution in [2.24, 2.45) is 0 Å². The zero-order chi connectivity index (χ0) is 9.42. The van der Waals surface area contributed by atoms with Crippen molar-refractivity contribution in [3.8, 4) is 5.75 Å². The summed E-state index contributed by atoms with van der Waals surface area (Å²) in [4.78, 5) is 2.86. The summed E-state index contributed by atoms with van der Waals surface area (Å²) in [5.74, 6) is 0.219. The molecule has 0 atom stereocenters. The second kappa shape index (κ2) is 3.03. The molecule has 1 N–H and O–H groups in total. The van der Waals surface area contributed by atoms with Gasteiger partial charge in [-0.2, -0.15) is 0 Å². The SMILES string of the molecule is COc1cc(F)c2[nH]c(Br)cc2c1. The molecule has 0 spiro atoms. The van der Waals surface area contributed by atoms with Crippen LogP contribution in [0.25, 0.3) is 10.9 Å². The Morgan fingerprint density at radius 1 is 1.38 bits per heavy atom. The summed E-state index contributed by atoms with van der Waals surface area (Å²) < 4.78 is 19.0. The van der Waals surface area contributed by atoms with Gasteiger partial charge in [-0.15, -0.1) is 0 Å². The van der Waals surface area contributed by atoms with Crippen LogP contribution in [0.5, 0.6) is 5.75 Å². The number of halogens is 2. The maximum absolute atomic E-state index is 13.3. The molecule has 13 heavy (non-hydrogen) atoms. The normalized spacial score (nSPS) is 10.7. The van der Waals surface area contributed by atoms with Gasteiger partial charge in [0.25, 0.3) is 0 Å². The van der Waals surface area contributed by atoms with Crippen molar-refractivity contribution in [3.05, 3.63) is 28.6 Å². The smallest absolute Gasteiger partial charge is 0.150 e. The van der Waals surface area contributed by atoms with Gasteiger partial charge in [0.2, 0.25) is 0 Å². The minimum absolute atomic E-state index is 0.306. The third-order valence-electron chi connectivity index (χ3n) is 1.86. The van der Waals surface area contributed by atoms with Gasteiger partial charge in [-0.1, -0.05) is 0 Å². The van der Waals surface area contributed by atoms with E-state index in [0.717, 1.165) is 9.99 Å². The van der Waals surface area contributed by atoms with Gasteiger partial charge in [-0.3, -0.25) is 0 Å². The molecule has 0 aliphatic rings. The molecule has 1 heterocycles. The minimum Gasteiger partial charge on any atom is -0.497 e. The highest BCUT2D eigenvalue weighted by Crippen LogP contribution is 2.26. The van der Waals surface area contributed by atoms with E-state index in [4.69, 9.17) is 4.74 Å². The highest BCUT2D eigenvalue weighted by atomic mass is 79.9. The predicted molar refractivity (Wildman–Crippen MR) is 52.5 cm³/mol. The van der Waals surface area contributed by atoms with E-state index in [1.807, 2.05) is 0 Å². The van der Waals surface area contributed by atoms with E-state index in [9.17, 15) is 4.39 Å². The van der Waals surface area contributed by atoms with Crippen LogP contribution in [0.3, 0.4) is 0 Å². The first-order valence-electron chi connectivity index (χ1n) is 3.72. The molecule has 0 aliphatic carbocycles. The van der Waals surface area contributed by atoms with Crippen LogP contribution in [-0.4, -0.2) is 12.1 Å². The topological polar surface area (TPSA) is 25.0 Å². The van der Waals surface area contributed by atoms with Gasteiger partial charge >= 0.3 is 0 Å². The lowest BCUT2D eigenvalue weighted by molar-refractivity contribution is 0.412. The predicted octanol–water partition coefficient (Wildman–Crippen LogP) is 3.08. The zero-order valence-corrected chi connectivity index (χ0v) is 8.48. The Labute approximate surface area is 82.8 Å². The molecule has 0 amide bonds. The van der Waals surface area contributed by atoms with Crippen molar-refractivity contribution in [1.29, 1.82) is 0 Å². The number of H-pyrrole nitrogens is 1. The first-order chi connectivity index (χ1) is 6.20. The summed E-state index contributed by atoms with van der Waals surface area (Å²) >= 11 is 3.24. The van der Waals surface area contributed by atoms with Gasteiger partial charge in [-0.25, -0.2) is 4.39 Å². The molecule has 0 saturated heterocycles. The Bertz CT molecular complexity index is 452. The van der Waals surface area contributed by atoms with Crippen molar-refractivity contribution < 1.29 is 9.13 Å². The summed E-state index contributed by atoms with van der Waals surface area (Å²) in [5, 5.41) is 0.795. The lowest BCUT2D eigenvalue weighted by Gasteiger charge is -1.99. The summed E-state index contributed by atoms with van der Waals surface area (Å²) in [6.45, 7) is 0. The molecule has 2 nitrogen and oxygen atoms in total. The molecule has 0 aliphatic heterocycles. The monoisotopic (exact) mass is 243 g/mol. The molecule has 0 radical (unpaired) electrons. The Kier molecular flexibility index (Phi) is 2.00. The fourth-order valence-electron chi connectivity index (χ4n) is 1.26. The highest BCUT2D eigenvalue weighted by molar-refractivity contribution is 9.10. The van der Waals surface area contributed by atoms with Crippen molar-refractivity contribution in [2.75, 3.05) is 7.11 Å². The van der Waals surface area contributed by atoms with Crippen LogP contribution in [-0.2, 0) is 0 Å². The maximum atomic E-state index is 13.3. The molecule has 0 bridgehead atoms. The molecule has 0 unspecified atom stereocenters. The average molecular weight is 244 g/mol. The van der Waals surface area contributed by atoms with E-state index in [2.05, 4.69) is 20.9 Å². The van der Waals surface area contributed by atoms with Gasteiger partial charge in [0.1, 0.15) is 5.75 Å². The number of aromatic nitrogens is 1. The quantitative estimate of drug-likeness (QED) is 0.819. The lowest BCUT2D eigenvalue weighted by atomic mass is 10.2. The summed E-state index contributed by atoms with van der Waals surface area (Å²) in [7, 11) is 1.52. The second-order valence-electron chi connectivity index (χ2n) is 2.69. The van der Waals surface area contributed by atoms with Crippen LogP contribution in [0.1, 0.15) is 0 Å². The van der Waals surface area contributed by atoms with Crippen LogP contribution in [0.2, 0.25) is 0 Å². The van der Waals surface area contributed by atoms with Gasteiger partial charge < -0.3 is 9.72 Å². The Balaban J connectivity index is 2.75. The van der Waals surface area contributed by atoms with Crippen LogP contribution in [0.15, 0.2) is 22.8 Å². The maximum Gasteiger partial charge on any atom is 0.150 e. The lowest BCUT2D eigenvalue weighted by Crippen LogP contribution is -1.84. The first kappa shape index (κ1) is 8.56. The van der Waals surface area contributed by atoms with Crippen LogP contribution in [0.4, 0.5) is 4.39 Å². The second-order valence-corrected chi connectivity index (χ2v) is 3.55. The Morgan fingerprint density at radius 2 is 2.15 bits per heavy atom. The molecule has 2 rings (SSSR count). The molecule has 0 fully saturated rings. The number of benzene rings is 1. The van der Waals surface area contributed by atoms with Gasteiger partial charge in [0.05, 0.1) is 17.2 Å². The van der Waals surface area contributed by atoms with E-state index >= 15 is 0 Å². The van der Waals surface area contributed by atoms with Crippen molar-refractivity contribution >= 4 is 26.8 Å². The average Bonchev–Trinajstić information content (AvgIpc) is 2.46. The third-order valence-corrected chi connectivity index (χ3v) is 2.28. The molecule has 68 valence electrons. The fourth-order valence-corrected chi connectivity index (χ4v) is 1.70. The summed E-state index contributed by atoms with van der Waals surface area (Å²) in [5.41, 5.74) is 0.493. The van der Waals surface area contributed by atoms with E-state index in [1.165, 1.54) is 13.2 Å².